The molecule has 2 aliphatic rings. The van der Waals surface area contributed by atoms with E-state index in [0.29, 0.717) is 17.4 Å². The van der Waals surface area contributed by atoms with Gasteiger partial charge in [-0.15, -0.1) is 0 Å². The lowest BCUT2D eigenvalue weighted by Gasteiger charge is -2.30. The van der Waals surface area contributed by atoms with Crippen molar-refractivity contribution in [1.82, 2.24) is 14.7 Å². The van der Waals surface area contributed by atoms with Crippen molar-refractivity contribution in [1.29, 1.82) is 0 Å². The van der Waals surface area contributed by atoms with Gasteiger partial charge in [-0.1, -0.05) is 11.6 Å². The standard InChI is InChI=1S/C19H27N3O3S/c1-11-7-17(21-25-11)10-26(23,24)19-20-12(2)13(3)22(19)14(4)18-9-15-5-6-16(18)8-15/h7,14-16,18H,5-6,8-10H2,1-4H3/t14-,15-,16-,18-/m0/s1. The van der Waals surface area contributed by atoms with Crippen LogP contribution < -0.4 is 0 Å². The van der Waals surface area contributed by atoms with E-state index >= 15 is 0 Å². The Bertz CT molecular complexity index is 928. The molecule has 0 saturated heterocycles. The van der Waals surface area contributed by atoms with E-state index in [-0.39, 0.29) is 17.0 Å². The van der Waals surface area contributed by atoms with Crippen molar-refractivity contribution in [3.63, 3.8) is 0 Å². The second kappa shape index (κ2) is 6.22. The van der Waals surface area contributed by atoms with E-state index in [0.717, 1.165) is 23.2 Å². The van der Waals surface area contributed by atoms with E-state index in [1.807, 2.05) is 18.4 Å². The molecule has 0 amide bonds. The average molecular weight is 378 g/mol. The molecule has 6 nitrogen and oxygen atoms in total. The quantitative estimate of drug-likeness (QED) is 0.792. The van der Waals surface area contributed by atoms with E-state index in [1.54, 1.807) is 13.0 Å². The van der Waals surface area contributed by atoms with Gasteiger partial charge in [0.25, 0.3) is 0 Å². The highest BCUT2D eigenvalue weighted by molar-refractivity contribution is 7.90. The molecule has 2 saturated carbocycles. The fourth-order valence-corrected chi connectivity index (χ4v) is 6.65. The highest BCUT2D eigenvalue weighted by Crippen LogP contribution is 2.52. The van der Waals surface area contributed by atoms with Gasteiger partial charge < -0.3 is 9.09 Å². The number of aryl methyl sites for hydroxylation is 2. The van der Waals surface area contributed by atoms with Gasteiger partial charge in [0, 0.05) is 17.8 Å². The lowest BCUT2D eigenvalue weighted by Crippen LogP contribution is -2.25. The predicted molar refractivity (Wildman–Crippen MR) is 97.5 cm³/mol. The van der Waals surface area contributed by atoms with E-state index in [1.165, 1.54) is 25.7 Å². The minimum absolute atomic E-state index is 0.148. The number of nitrogens with zero attached hydrogens (tertiary/aromatic N) is 3. The molecule has 2 aromatic rings. The first-order valence-corrected chi connectivity index (χ1v) is 11.1. The summed E-state index contributed by atoms with van der Waals surface area (Å²) in [6, 6.07) is 1.82. The summed E-state index contributed by atoms with van der Waals surface area (Å²) in [6.45, 7) is 7.79. The lowest BCUT2D eigenvalue weighted by molar-refractivity contribution is 0.231. The van der Waals surface area contributed by atoms with Crippen LogP contribution in [0.15, 0.2) is 15.7 Å². The minimum atomic E-state index is -3.59. The normalized spacial score (nSPS) is 26.5. The first-order valence-electron chi connectivity index (χ1n) is 9.46. The topological polar surface area (TPSA) is 78.0 Å². The van der Waals surface area contributed by atoms with Crippen LogP contribution in [0.2, 0.25) is 0 Å². The third-order valence-corrected chi connectivity index (χ3v) is 7.99. The molecule has 26 heavy (non-hydrogen) atoms. The molecule has 2 fully saturated rings. The molecule has 2 aromatic heterocycles. The maximum absolute atomic E-state index is 13.1. The van der Waals surface area contributed by atoms with Gasteiger partial charge in [0.15, 0.2) is 0 Å². The SMILES string of the molecule is Cc1cc(CS(=O)(=O)c2nc(C)c(C)n2[C@@H](C)[C@@H]2C[C@H]3CC[C@H]2C3)no1. The summed E-state index contributed by atoms with van der Waals surface area (Å²) in [6.07, 6.45) is 5.14. The molecule has 2 heterocycles. The van der Waals surface area contributed by atoms with Gasteiger partial charge in [-0.2, -0.15) is 0 Å². The van der Waals surface area contributed by atoms with Crippen LogP contribution in [0.1, 0.15) is 61.5 Å². The van der Waals surface area contributed by atoms with Gasteiger partial charge in [-0.05, 0) is 64.7 Å². The number of rotatable bonds is 5. The molecular weight excluding hydrogens is 350 g/mol. The smallest absolute Gasteiger partial charge is 0.228 e. The van der Waals surface area contributed by atoms with E-state index in [9.17, 15) is 8.42 Å². The molecule has 0 aliphatic heterocycles. The van der Waals surface area contributed by atoms with Crippen molar-refractivity contribution in [2.24, 2.45) is 17.8 Å². The number of imidazole rings is 1. The Morgan fingerprint density at radius 3 is 2.62 bits per heavy atom. The van der Waals surface area contributed by atoms with Crippen molar-refractivity contribution < 1.29 is 12.9 Å². The fraction of sp³-hybridized carbons (Fsp3) is 0.684. The summed E-state index contributed by atoms with van der Waals surface area (Å²) in [5, 5.41) is 4.03. The molecule has 0 N–H and O–H groups in total. The molecule has 2 aliphatic carbocycles. The monoisotopic (exact) mass is 377 g/mol. The van der Waals surface area contributed by atoms with Crippen LogP contribution in [0.3, 0.4) is 0 Å². The van der Waals surface area contributed by atoms with Gasteiger partial charge in [0.05, 0.1) is 11.4 Å². The Hall–Kier alpha value is -1.63. The molecule has 7 heteroatoms. The largest absolute Gasteiger partial charge is 0.361 e. The molecule has 0 unspecified atom stereocenters. The summed E-state index contributed by atoms with van der Waals surface area (Å²) < 4.78 is 33.2. The molecule has 142 valence electrons. The number of fused-ring (bicyclic) bond motifs is 2. The van der Waals surface area contributed by atoms with Crippen molar-refractivity contribution in [3.05, 3.63) is 28.9 Å². The van der Waals surface area contributed by atoms with Crippen LogP contribution in [0.25, 0.3) is 0 Å². The second-order valence-electron chi connectivity index (χ2n) is 8.20. The van der Waals surface area contributed by atoms with Crippen LogP contribution in [0, 0.1) is 38.5 Å². The summed E-state index contributed by atoms with van der Waals surface area (Å²) in [4.78, 5) is 4.46. The third-order valence-electron chi connectivity index (χ3n) is 6.47. The van der Waals surface area contributed by atoms with Crippen LogP contribution in [-0.2, 0) is 15.6 Å². The number of aromatic nitrogens is 3. The van der Waals surface area contributed by atoms with Gasteiger partial charge in [-0.3, -0.25) is 0 Å². The molecule has 4 rings (SSSR count). The van der Waals surface area contributed by atoms with Crippen LogP contribution in [-0.4, -0.2) is 23.1 Å². The molecule has 0 aromatic carbocycles. The van der Waals surface area contributed by atoms with Crippen molar-refractivity contribution in [3.8, 4) is 0 Å². The van der Waals surface area contributed by atoms with Crippen LogP contribution in [0.4, 0.5) is 0 Å². The zero-order valence-corrected chi connectivity index (χ0v) is 16.7. The highest BCUT2D eigenvalue weighted by Gasteiger charge is 2.43. The summed E-state index contributed by atoms with van der Waals surface area (Å²) >= 11 is 0. The average Bonchev–Trinajstić information content (AvgIpc) is 3.33. The fourth-order valence-electron chi connectivity index (χ4n) is 5.12. The van der Waals surface area contributed by atoms with Crippen molar-refractivity contribution in [2.75, 3.05) is 0 Å². The summed E-state index contributed by atoms with van der Waals surface area (Å²) in [5.41, 5.74) is 2.17. The summed E-state index contributed by atoms with van der Waals surface area (Å²) in [7, 11) is -3.59. The number of sulfone groups is 1. The van der Waals surface area contributed by atoms with Gasteiger partial charge >= 0.3 is 0 Å². The first kappa shape index (κ1) is 17.8. The number of hydrogen-bond donors (Lipinski definition) is 0. The molecule has 0 spiro atoms. The highest BCUT2D eigenvalue weighted by atomic mass is 32.2. The summed E-state index contributed by atoms with van der Waals surface area (Å²) in [5.74, 6) is 2.54. The van der Waals surface area contributed by atoms with Gasteiger partial charge in [0.2, 0.25) is 15.0 Å². The zero-order valence-electron chi connectivity index (χ0n) is 15.9. The lowest BCUT2D eigenvalue weighted by atomic mass is 9.84. The Labute approximate surface area is 154 Å². The predicted octanol–water partition coefficient (Wildman–Crippen LogP) is 3.77. The molecule has 4 atom stereocenters. The number of hydrogen-bond acceptors (Lipinski definition) is 5. The minimum Gasteiger partial charge on any atom is -0.361 e. The van der Waals surface area contributed by atoms with E-state index in [2.05, 4.69) is 17.1 Å². The first-order chi connectivity index (χ1) is 12.3. The third kappa shape index (κ3) is 2.90. The van der Waals surface area contributed by atoms with Gasteiger partial charge in [-0.25, -0.2) is 13.4 Å². The molecule has 2 bridgehead atoms. The van der Waals surface area contributed by atoms with Crippen LogP contribution in [0.5, 0.6) is 0 Å². The van der Waals surface area contributed by atoms with Gasteiger partial charge in [0.1, 0.15) is 11.5 Å². The van der Waals surface area contributed by atoms with E-state index in [4.69, 9.17) is 4.52 Å². The maximum Gasteiger partial charge on any atom is 0.228 e. The molecule has 0 radical (unpaired) electrons. The van der Waals surface area contributed by atoms with E-state index < -0.39 is 9.84 Å². The Morgan fingerprint density at radius 2 is 2.04 bits per heavy atom. The van der Waals surface area contributed by atoms with Crippen molar-refractivity contribution in [2.45, 2.75) is 70.3 Å². The van der Waals surface area contributed by atoms with Crippen molar-refractivity contribution >= 4 is 9.84 Å². The molecular formula is C19H27N3O3S. The Balaban J connectivity index is 1.69. The van der Waals surface area contributed by atoms with Crippen LogP contribution >= 0.6 is 0 Å². The zero-order chi connectivity index (χ0) is 18.6. The Kier molecular flexibility index (Phi) is 4.25. The Morgan fingerprint density at radius 1 is 1.27 bits per heavy atom. The second-order valence-corrected chi connectivity index (χ2v) is 10.1. The maximum atomic E-state index is 13.1.